The van der Waals surface area contributed by atoms with Crippen LogP contribution in [0.5, 0.6) is 0 Å². The lowest BCUT2D eigenvalue weighted by Gasteiger charge is -2.08. The monoisotopic (exact) mass is 420 g/mol. The molecule has 28 heavy (non-hydrogen) atoms. The van der Waals surface area contributed by atoms with Crippen LogP contribution in [0.15, 0.2) is 30.6 Å². The fraction of sp³-hybridized carbons (Fsp3) is 0.263. The van der Waals surface area contributed by atoms with Crippen LogP contribution in [0, 0.1) is 5.82 Å². The van der Waals surface area contributed by atoms with Crippen molar-refractivity contribution >= 4 is 34.9 Å². The standard InChI is InChI=1S/C19H18ClFN4O2S/c1-4-27-16(26)8-15-17(11-5-6-13(20)14(21)7-11)24-18(28-15)12-9-22-19(23-10-12)25(2)3/h5-7,9-10H,4,8H2,1-3H3. The van der Waals surface area contributed by atoms with E-state index in [0.29, 0.717) is 32.7 Å². The Morgan fingerprint density at radius 1 is 1.25 bits per heavy atom. The van der Waals surface area contributed by atoms with Crippen molar-refractivity contribution in [3.05, 3.63) is 46.3 Å². The van der Waals surface area contributed by atoms with Crippen LogP contribution >= 0.6 is 22.9 Å². The number of carbonyl (C=O) groups excluding carboxylic acids is 1. The third kappa shape index (κ3) is 4.45. The summed E-state index contributed by atoms with van der Waals surface area (Å²) in [4.78, 5) is 27.7. The Labute approximate surface area is 171 Å². The SMILES string of the molecule is CCOC(=O)Cc1sc(-c2cnc(N(C)C)nc2)nc1-c1ccc(Cl)c(F)c1. The van der Waals surface area contributed by atoms with E-state index in [9.17, 15) is 9.18 Å². The summed E-state index contributed by atoms with van der Waals surface area (Å²) in [6.45, 7) is 2.03. The summed E-state index contributed by atoms with van der Waals surface area (Å²) in [7, 11) is 3.70. The molecule has 0 radical (unpaired) electrons. The van der Waals surface area contributed by atoms with Gasteiger partial charge in [-0.05, 0) is 19.1 Å². The van der Waals surface area contributed by atoms with E-state index in [1.54, 1.807) is 30.3 Å². The van der Waals surface area contributed by atoms with Crippen LogP contribution in [0.25, 0.3) is 21.8 Å². The minimum absolute atomic E-state index is 0.0267. The number of esters is 1. The first-order valence-electron chi connectivity index (χ1n) is 8.49. The number of ether oxygens (including phenoxy) is 1. The average Bonchev–Trinajstić information content (AvgIpc) is 3.08. The van der Waals surface area contributed by atoms with Crippen molar-refractivity contribution < 1.29 is 13.9 Å². The van der Waals surface area contributed by atoms with Gasteiger partial charge in [0.2, 0.25) is 5.95 Å². The largest absolute Gasteiger partial charge is 0.466 e. The molecule has 0 saturated carbocycles. The summed E-state index contributed by atoms with van der Waals surface area (Å²) in [5.74, 6) is -0.339. The molecular weight excluding hydrogens is 403 g/mol. The van der Waals surface area contributed by atoms with Crippen LogP contribution in [0.3, 0.4) is 0 Å². The van der Waals surface area contributed by atoms with Crippen molar-refractivity contribution in [2.75, 3.05) is 25.6 Å². The molecule has 2 aromatic heterocycles. The first-order chi connectivity index (χ1) is 13.4. The molecule has 146 valence electrons. The molecule has 0 saturated heterocycles. The molecule has 0 spiro atoms. The van der Waals surface area contributed by atoms with Crippen molar-refractivity contribution in [1.82, 2.24) is 15.0 Å². The van der Waals surface area contributed by atoms with Crippen molar-refractivity contribution in [3.8, 4) is 21.8 Å². The van der Waals surface area contributed by atoms with Crippen molar-refractivity contribution in [1.29, 1.82) is 0 Å². The number of benzene rings is 1. The predicted molar refractivity (Wildman–Crippen MR) is 108 cm³/mol. The number of thiazole rings is 1. The maximum absolute atomic E-state index is 14.0. The molecule has 0 fully saturated rings. The van der Waals surface area contributed by atoms with E-state index in [1.807, 2.05) is 14.1 Å². The maximum Gasteiger partial charge on any atom is 0.311 e. The second-order valence-corrected chi connectivity index (χ2v) is 7.56. The highest BCUT2D eigenvalue weighted by Gasteiger charge is 2.19. The Morgan fingerprint density at radius 3 is 2.57 bits per heavy atom. The number of anilines is 1. The molecule has 0 amide bonds. The van der Waals surface area contributed by atoms with Gasteiger partial charge in [-0.2, -0.15) is 0 Å². The van der Waals surface area contributed by atoms with Gasteiger partial charge in [0.15, 0.2) is 0 Å². The molecule has 0 unspecified atom stereocenters. The van der Waals surface area contributed by atoms with Crippen LogP contribution in [0.4, 0.5) is 10.3 Å². The van der Waals surface area contributed by atoms with Gasteiger partial charge in [-0.3, -0.25) is 4.79 Å². The lowest BCUT2D eigenvalue weighted by molar-refractivity contribution is -0.142. The predicted octanol–water partition coefficient (Wildman–Crippen LogP) is 4.23. The Bertz CT molecular complexity index is 992. The van der Waals surface area contributed by atoms with E-state index < -0.39 is 5.82 Å². The zero-order chi connectivity index (χ0) is 20.3. The minimum atomic E-state index is -0.547. The lowest BCUT2D eigenvalue weighted by atomic mass is 10.1. The molecule has 0 N–H and O–H groups in total. The van der Waals surface area contributed by atoms with E-state index >= 15 is 0 Å². The third-order valence-electron chi connectivity index (χ3n) is 3.79. The Balaban J connectivity index is 2.03. The number of aromatic nitrogens is 3. The highest BCUT2D eigenvalue weighted by molar-refractivity contribution is 7.15. The molecule has 0 bridgehead atoms. The molecule has 3 rings (SSSR count). The highest BCUT2D eigenvalue weighted by atomic mass is 35.5. The van der Waals surface area contributed by atoms with Crippen LogP contribution in [-0.4, -0.2) is 41.6 Å². The molecular formula is C19H18ClFN4O2S. The zero-order valence-corrected chi connectivity index (χ0v) is 17.1. The van der Waals surface area contributed by atoms with E-state index in [-0.39, 0.29) is 24.0 Å². The molecule has 0 atom stereocenters. The van der Waals surface area contributed by atoms with E-state index in [1.165, 1.54) is 23.5 Å². The van der Waals surface area contributed by atoms with Gasteiger partial charge in [0.25, 0.3) is 0 Å². The second kappa shape index (κ2) is 8.62. The van der Waals surface area contributed by atoms with Gasteiger partial charge in [0, 0.05) is 42.5 Å². The highest BCUT2D eigenvalue weighted by Crippen LogP contribution is 2.35. The molecule has 3 aromatic rings. The topological polar surface area (TPSA) is 68.2 Å². The van der Waals surface area contributed by atoms with Gasteiger partial charge in [-0.25, -0.2) is 19.3 Å². The van der Waals surface area contributed by atoms with Gasteiger partial charge in [0.1, 0.15) is 10.8 Å². The Morgan fingerprint density at radius 2 is 1.96 bits per heavy atom. The van der Waals surface area contributed by atoms with E-state index in [2.05, 4.69) is 15.0 Å². The second-order valence-electron chi connectivity index (χ2n) is 6.07. The number of carbonyl (C=O) groups is 1. The minimum Gasteiger partial charge on any atom is -0.466 e. The first kappa shape index (κ1) is 20.2. The number of halogens is 2. The summed E-state index contributed by atoms with van der Waals surface area (Å²) in [5.41, 5.74) is 1.76. The van der Waals surface area contributed by atoms with Crippen molar-refractivity contribution in [2.24, 2.45) is 0 Å². The van der Waals surface area contributed by atoms with Gasteiger partial charge < -0.3 is 9.64 Å². The smallest absolute Gasteiger partial charge is 0.311 e. The normalized spacial score (nSPS) is 10.8. The van der Waals surface area contributed by atoms with Crippen LogP contribution in [-0.2, 0) is 16.0 Å². The Kier molecular flexibility index (Phi) is 6.21. The molecule has 0 aliphatic heterocycles. The molecule has 0 aliphatic carbocycles. The van der Waals surface area contributed by atoms with Gasteiger partial charge >= 0.3 is 5.97 Å². The van der Waals surface area contributed by atoms with E-state index in [0.717, 1.165) is 0 Å². The molecule has 9 heteroatoms. The van der Waals surface area contributed by atoms with E-state index in [4.69, 9.17) is 16.3 Å². The maximum atomic E-state index is 14.0. The molecule has 1 aromatic carbocycles. The van der Waals surface area contributed by atoms with Crippen LogP contribution in [0.2, 0.25) is 5.02 Å². The Hall–Kier alpha value is -2.58. The average molecular weight is 421 g/mol. The van der Waals surface area contributed by atoms with Crippen molar-refractivity contribution in [3.63, 3.8) is 0 Å². The van der Waals surface area contributed by atoms with Crippen LogP contribution in [0.1, 0.15) is 11.8 Å². The number of nitrogens with zero attached hydrogens (tertiary/aromatic N) is 4. The molecule has 2 heterocycles. The molecule has 0 aliphatic rings. The summed E-state index contributed by atoms with van der Waals surface area (Å²) < 4.78 is 19.0. The summed E-state index contributed by atoms with van der Waals surface area (Å²) in [5, 5.41) is 0.661. The third-order valence-corrected chi connectivity index (χ3v) is 5.20. The fourth-order valence-electron chi connectivity index (χ4n) is 2.47. The zero-order valence-electron chi connectivity index (χ0n) is 15.6. The molecule has 6 nitrogen and oxygen atoms in total. The van der Waals surface area contributed by atoms with Gasteiger partial charge in [-0.15, -0.1) is 11.3 Å². The first-order valence-corrected chi connectivity index (χ1v) is 9.69. The van der Waals surface area contributed by atoms with Crippen LogP contribution < -0.4 is 4.90 Å². The lowest BCUT2D eigenvalue weighted by Crippen LogP contribution is -2.12. The van der Waals surface area contributed by atoms with Gasteiger partial charge in [0.05, 0.1) is 23.7 Å². The quantitative estimate of drug-likeness (QED) is 0.556. The summed E-state index contributed by atoms with van der Waals surface area (Å²) in [6.07, 6.45) is 3.38. The number of hydrogen-bond acceptors (Lipinski definition) is 7. The number of hydrogen-bond donors (Lipinski definition) is 0. The van der Waals surface area contributed by atoms with Crippen molar-refractivity contribution in [2.45, 2.75) is 13.3 Å². The summed E-state index contributed by atoms with van der Waals surface area (Å²) >= 11 is 7.11. The summed E-state index contributed by atoms with van der Waals surface area (Å²) in [6, 6.07) is 4.44. The fourth-order valence-corrected chi connectivity index (χ4v) is 3.63. The number of rotatable bonds is 6. The van der Waals surface area contributed by atoms with Gasteiger partial charge in [-0.1, -0.05) is 17.7 Å².